The van der Waals surface area contributed by atoms with Gasteiger partial charge in [-0.3, -0.25) is 10.1 Å². The van der Waals surface area contributed by atoms with E-state index in [0.717, 1.165) is 25.5 Å². The van der Waals surface area contributed by atoms with E-state index in [1.54, 1.807) is 0 Å². The van der Waals surface area contributed by atoms with Crippen LogP contribution in [-0.2, 0) is 0 Å². The average molecular weight is 265 g/mol. The molecule has 1 aliphatic carbocycles. The molecule has 7 heteroatoms. The van der Waals surface area contributed by atoms with Gasteiger partial charge in [0.05, 0.1) is 4.92 Å². The second kappa shape index (κ2) is 4.99. The summed E-state index contributed by atoms with van der Waals surface area (Å²) in [4.78, 5) is 18.0. The molecule has 7 nitrogen and oxygen atoms in total. The highest BCUT2D eigenvalue weighted by atomic mass is 16.6. The second-order valence-corrected chi connectivity index (χ2v) is 5.82. The van der Waals surface area contributed by atoms with Crippen LogP contribution < -0.4 is 11.1 Å². The van der Waals surface area contributed by atoms with Crippen LogP contribution in [0.3, 0.4) is 0 Å². The van der Waals surface area contributed by atoms with E-state index in [0.29, 0.717) is 17.4 Å². The quantitative estimate of drug-likeness (QED) is 0.641. The molecule has 0 amide bonds. The number of hydrogen-bond acceptors (Lipinski definition) is 6. The molecule has 1 aliphatic rings. The number of aromatic nitrogens is 2. The fourth-order valence-electron chi connectivity index (χ4n) is 2.60. The average Bonchev–Trinajstić information content (AvgIpc) is 2.27. The molecule has 1 fully saturated rings. The number of rotatable bonds is 3. The number of nitrogens with two attached hydrogens (primary N) is 1. The first-order valence-corrected chi connectivity index (χ1v) is 6.41. The molecule has 0 aliphatic heterocycles. The van der Waals surface area contributed by atoms with Gasteiger partial charge in [-0.25, -0.2) is 4.98 Å². The zero-order valence-electron chi connectivity index (χ0n) is 11.2. The largest absolute Gasteiger partial charge is 0.378 e. The van der Waals surface area contributed by atoms with E-state index >= 15 is 0 Å². The molecule has 1 aromatic rings. The molecule has 19 heavy (non-hydrogen) atoms. The Morgan fingerprint density at radius 2 is 2.32 bits per heavy atom. The molecule has 104 valence electrons. The monoisotopic (exact) mass is 265 g/mol. The fraction of sp³-hybridized carbons (Fsp3) is 0.667. The van der Waals surface area contributed by atoms with E-state index in [9.17, 15) is 10.1 Å². The summed E-state index contributed by atoms with van der Waals surface area (Å²) in [7, 11) is 0. The number of nitro groups is 1. The fourth-order valence-corrected chi connectivity index (χ4v) is 2.60. The van der Waals surface area contributed by atoms with Gasteiger partial charge in [0.15, 0.2) is 0 Å². The SMILES string of the molecule is CC1(C)CCCC(Nc2ncc([N+](=O)[O-])c(N)n2)C1. The van der Waals surface area contributed by atoms with E-state index in [-0.39, 0.29) is 11.5 Å². The first kappa shape index (κ1) is 13.5. The van der Waals surface area contributed by atoms with Gasteiger partial charge in [-0.15, -0.1) is 0 Å². The minimum atomic E-state index is -0.581. The van der Waals surface area contributed by atoms with Crippen molar-refractivity contribution in [1.82, 2.24) is 9.97 Å². The zero-order valence-corrected chi connectivity index (χ0v) is 11.2. The van der Waals surface area contributed by atoms with Crippen LogP contribution in [0.25, 0.3) is 0 Å². The van der Waals surface area contributed by atoms with Crippen molar-refractivity contribution in [2.45, 2.75) is 45.6 Å². The van der Waals surface area contributed by atoms with Crippen LogP contribution in [-0.4, -0.2) is 20.9 Å². The third kappa shape index (κ3) is 3.30. The molecule has 0 saturated heterocycles. The summed E-state index contributed by atoms with van der Waals surface area (Å²) in [6.45, 7) is 4.48. The van der Waals surface area contributed by atoms with Gasteiger partial charge in [0.1, 0.15) is 6.20 Å². The first-order chi connectivity index (χ1) is 8.87. The van der Waals surface area contributed by atoms with Gasteiger partial charge in [0.2, 0.25) is 11.8 Å². The predicted molar refractivity (Wildman–Crippen MR) is 72.8 cm³/mol. The maximum Gasteiger partial charge on any atom is 0.329 e. The Morgan fingerprint density at radius 3 is 2.89 bits per heavy atom. The summed E-state index contributed by atoms with van der Waals surface area (Å²) in [5, 5.41) is 13.9. The second-order valence-electron chi connectivity index (χ2n) is 5.82. The third-order valence-corrected chi connectivity index (χ3v) is 3.53. The summed E-state index contributed by atoms with van der Waals surface area (Å²) in [5.74, 6) is 0.267. The van der Waals surface area contributed by atoms with Crippen LogP contribution in [0.5, 0.6) is 0 Å². The van der Waals surface area contributed by atoms with Crippen molar-refractivity contribution < 1.29 is 4.92 Å². The Labute approximate surface area is 111 Å². The minimum absolute atomic E-state index is 0.0995. The van der Waals surface area contributed by atoms with Gasteiger partial charge in [0, 0.05) is 6.04 Å². The lowest BCUT2D eigenvalue weighted by atomic mass is 9.75. The maximum absolute atomic E-state index is 10.6. The highest BCUT2D eigenvalue weighted by Crippen LogP contribution is 2.36. The number of nitrogens with zero attached hydrogens (tertiary/aromatic N) is 3. The van der Waals surface area contributed by atoms with Crippen molar-refractivity contribution in [3.05, 3.63) is 16.3 Å². The van der Waals surface area contributed by atoms with E-state index in [1.165, 1.54) is 6.42 Å². The summed E-state index contributed by atoms with van der Waals surface area (Å²) in [6.07, 6.45) is 5.62. The Morgan fingerprint density at radius 1 is 1.58 bits per heavy atom. The van der Waals surface area contributed by atoms with Crippen molar-refractivity contribution in [3.8, 4) is 0 Å². The molecule has 0 spiro atoms. The van der Waals surface area contributed by atoms with Crippen LogP contribution in [0.15, 0.2) is 6.20 Å². The lowest BCUT2D eigenvalue weighted by Gasteiger charge is -2.35. The van der Waals surface area contributed by atoms with Crippen molar-refractivity contribution in [2.75, 3.05) is 11.1 Å². The van der Waals surface area contributed by atoms with Crippen molar-refractivity contribution in [1.29, 1.82) is 0 Å². The van der Waals surface area contributed by atoms with Crippen molar-refractivity contribution in [3.63, 3.8) is 0 Å². The summed E-state index contributed by atoms with van der Waals surface area (Å²) in [6, 6.07) is 0.296. The smallest absolute Gasteiger partial charge is 0.329 e. The van der Waals surface area contributed by atoms with Gasteiger partial charge >= 0.3 is 5.69 Å². The number of nitrogens with one attached hydrogen (secondary N) is 1. The Kier molecular flexibility index (Phi) is 3.55. The summed E-state index contributed by atoms with van der Waals surface area (Å²) in [5.41, 5.74) is 5.60. The molecule has 0 bridgehead atoms. The molecule has 1 heterocycles. The Balaban J connectivity index is 2.07. The Bertz CT molecular complexity index is 489. The van der Waals surface area contributed by atoms with Crippen LogP contribution in [0.2, 0.25) is 0 Å². The first-order valence-electron chi connectivity index (χ1n) is 6.41. The predicted octanol–water partition coefficient (Wildman–Crippen LogP) is 2.35. The standard InChI is InChI=1S/C12H19N5O2/c1-12(2)5-3-4-8(6-12)15-11-14-7-9(17(18)19)10(13)16-11/h7-8H,3-6H2,1-2H3,(H3,13,14,15,16). The van der Waals surface area contributed by atoms with Crippen LogP contribution >= 0.6 is 0 Å². The van der Waals surface area contributed by atoms with Crippen molar-refractivity contribution in [2.24, 2.45) is 5.41 Å². The summed E-state index contributed by atoms with van der Waals surface area (Å²) < 4.78 is 0. The lowest BCUT2D eigenvalue weighted by Crippen LogP contribution is -2.32. The molecule has 0 aromatic carbocycles. The van der Waals surface area contributed by atoms with Gasteiger partial charge in [-0.2, -0.15) is 4.98 Å². The topological polar surface area (TPSA) is 107 Å². The molecule has 3 N–H and O–H groups in total. The summed E-state index contributed by atoms with van der Waals surface area (Å²) >= 11 is 0. The molecule has 0 radical (unpaired) electrons. The highest BCUT2D eigenvalue weighted by molar-refractivity contribution is 5.53. The minimum Gasteiger partial charge on any atom is -0.378 e. The van der Waals surface area contributed by atoms with E-state index in [4.69, 9.17) is 5.73 Å². The van der Waals surface area contributed by atoms with Crippen molar-refractivity contribution >= 4 is 17.5 Å². The molecule has 1 aromatic heterocycles. The lowest BCUT2D eigenvalue weighted by molar-refractivity contribution is -0.384. The normalized spacial score (nSPS) is 21.9. The number of anilines is 2. The van der Waals surface area contributed by atoms with Crippen LogP contribution in [0.4, 0.5) is 17.5 Å². The maximum atomic E-state index is 10.6. The van der Waals surface area contributed by atoms with Gasteiger partial charge < -0.3 is 11.1 Å². The molecular weight excluding hydrogens is 246 g/mol. The molecule has 1 saturated carbocycles. The number of hydrogen-bond donors (Lipinski definition) is 2. The Hall–Kier alpha value is -1.92. The van der Waals surface area contributed by atoms with E-state index < -0.39 is 4.92 Å². The molecule has 2 rings (SSSR count). The molecule has 1 unspecified atom stereocenters. The van der Waals surface area contributed by atoms with Gasteiger partial charge in [0.25, 0.3) is 0 Å². The zero-order chi connectivity index (χ0) is 14.0. The third-order valence-electron chi connectivity index (χ3n) is 3.53. The van der Waals surface area contributed by atoms with Crippen LogP contribution in [0.1, 0.15) is 39.5 Å². The highest BCUT2D eigenvalue weighted by Gasteiger charge is 2.28. The van der Waals surface area contributed by atoms with Gasteiger partial charge in [-0.1, -0.05) is 20.3 Å². The van der Waals surface area contributed by atoms with Crippen LogP contribution in [0, 0.1) is 15.5 Å². The molecular formula is C12H19N5O2. The van der Waals surface area contributed by atoms with E-state index in [2.05, 4.69) is 29.1 Å². The number of nitrogen functional groups attached to an aromatic ring is 1. The molecule has 1 atom stereocenters. The van der Waals surface area contributed by atoms with E-state index in [1.807, 2.05) is 0 Å². The van der Waals surface area contributed by atoms with Gasteiger partial charge in [-0.05, 0) is 24.7 Å².